The summed E-state index contributed by atoms with van der Waals surface area (Å²) in [4.78, 5) is 14.8. The molecule has 5 rings (SSSR count). The van der Waals surface area contributed by atoms with Gasteiger partial charge in [0, 0.05) is 17.0 Å². The van der Waals surface area contributed by atoms with Crippen LogP contribution in [0.15, 0.2) is 60.7 Å². The molecule has 0 atom stereocenters. The highest BCUT2D eigenvalue weighted by molar-refractivity contribution is 7.17. The number of amides is 1. The van der Waals surface area contributed by atoms with E-state index in [0.29, 0.717) is 6.54 Å². The van der Waals surface area contributed by atoms with Gasteiger partial charge in [0.2, 0.25) is 0 Å². The van der Waals surface area contributed by atoms with Crippen LogP contribution in [-0.4, -0.2) is 15.7 Å². The molecule has 1 N–H and O–H groups in total. The Morgan fingerprint density at radius 2 is 1.81 bits per heavy atom. The Morgan fingerprint density at radius 1 is 1.06 bits per heavy atom. The van der Waals surface area contributed by atoms with E-state index in [0.717, 1.165) is 41.1 Å². The van der Waals surface area contributed by atoms with Crippen LogP contribution in [-0.2, 0) is 25.8 Å². The molecule has 31 heavy (non-hydrogen) atoms. The van der Waals surface area contributed by atoms with E-state index in [9.17, 15) is 4.79 Å². The zero-order valence-corrected chi connectivity index (χ0v) is 18.6. The third-order valence-corrected chi connectivity index (χ3v) is 7.13. The Hall–Kier alpha value is -3.18. The number of rotatable bonds is 5. The van der Waals surface area contributed by atoms with Crippen molar-refractivity contribution < 1.29 is 4.79 Å². The largest absolute Gasteiger partial charge is 0.347 e. The molecule has 4 aromatic rings. The van der Waals surface area contributed by atoms with Crippen LogP contribution in [0.1, 0.15) is 44.7 Å². The van der Waals surface area contributed by atoms with Crippen molar-refractivity contribution in [3.8, 4) is 16.1 Å². The van der Waals surface area contributed by atoms with Crippen molar-refractivity contribution in [3.63, 3.8) is 0 Å². The van der Waals surface area contributed by atoms with Crippen LogP contribution in [0.2, 0.25) is 0 Å². The first-order valence-corrected chi connectivity index (χ1v) is 11.6. The number of hydrogen-bond acceptors (Lipinski definition) is 3. The molecule has 0 unspecified atom stereocenters. The molecule has 0 bridgehead atoms. The second-order valence-corrected chi connectivity index (χ2v) is 9.02. The number of nitrogens with one attached hydrogen (secondary N) is 1. The van der Waals surface area contributed by atoms with Crippen LogP contribution in [0.5, 0.6) is 0 Å². The summed E-state index contributed by atoms with van der Waals surface area (Å²) in [7, 11) is 0. The molecule has 2 aromatic carbocycles. The molecule has 2 aromatic heterocycles. The van der Waals surface area contributed by atoms with Crippen LogP contribution < -0.4 is 5.32 Å². The van der Waals surface area contributed by atoms with E-state index < -0.39 is 0 Å². The quantitative estimate of drug-likeness (QED) is 0.457. The van der Waals surface area contributed by atoms with Gasteiger partial charge in [-0.15, -0.1) is 11.3 Å². The van der Waals surface area contributed by atoms with E-state index in [-0.39, 0.29) is 5.91 Å². The molecule has 0 radical (unpaired) electrons. The number of thiophene rings is 1. The molecule has 1 amide bonds. The van der Waals surface area contributed by atoms with E-state index in [4.69, 9.17) is 5.10 Å². The summed E-state index contributed by atoms with van der Waals surface area (Å²) in [5.74, 6) is -0.00591. The van der Waals surface area contributed by atoms with Gasteiger partial charge in [0.05, 0.1) is 22.0 Å². The molecular weight excluding hydrogens is 402 g/mol. The molecule has 0 saturated carbocycles. The van der Waals surface area contributed by atoms with Crippen molar-refractivity contribution in [1.29, 1.82) is 0 Å². The SMILES string of the molecule is CCc1ccc(CNC(=O)c2cc3c(s2)-c2c(C)nn(-c4ccccc4)c2CC3)cc1. The number of nitrogens with zero attached hydrogens (tertiary/aromatic N) is 2. The van der Waals surface area contributed by atoms with Gasteiger partial charge in [-0.05, 0) is 61.1 Å². The summed E-state index contributed by atoms with van der Waals surface area (Å²) in [5, 5.41) is 7.91. The molecular formula is C26H25N3OS. The summed E-state index contributed by atoms with van der Waals surface area (Å²) < 4.78 is 2.06. The molecule has 0 fully saturated rings. The maximum Gasteiger partial charge on any atom is 0.261 e. The standard InChI is InChI=1S/C26H25N3OS/c1-3-18-9-11-19(12-10-18)16-27-26(30)23-15-20-13-14-22-24(25(20)31-23)17(2)28-29(22)21-7-5-4-6-8-21/h4-12,15H,3,13-14,16H2,1-2H3,(H,27,30). The van der Waals surface area contributed by atoms with Crippen molar-refractivity contribution in [2.24, 2.45) is 0 Å². The summed E-state index contributed by atoms with van der Waals surface area (Å²) in [6, 6.07) is 20.8. The van der Waals surface area contributed by atoms with Gasteiger partial charge in [-0.1, -0.05) is 49.4 Å². The fourth-order valence-corrected chi connectivity index (χ4v) is 5.48. The fourth-order valence-electron chi connectivity index (χ4n) is 4.24. The zero-order valence-electron chi connectivity index (χ0n) is 17.8. The number of aryl methyl sites for hydroxylation is 3. The molecule has 1 aliphatic carbocycles. The van der Waals surface area contributed by atoms with Gasteiger partial charge in [0.15, 0.2) is 0 Å². The summed E-state index contributed by atoms with van der Waals surface area (Å²) in [6.45, 7) is 4.75. The minimum atomic E-state index is -0.00591. The highest BCUT2D eigenvalue weighted by Gasteiger charge is 2.27. The summed E-state index contributed by atoms with van der Waals surface area (Å²) in [6.07, 6.45) is 2.89. The average molecular weight is 428 g/mol. The lowest BCUT2D eigenvalue weighted by Gasteiger charge is -2.14. The predicted octanol–water partition coefficient (Wildman–Crippen LogP) is 5.50. The average Bonchev–Trinajstić information content (AvgIpc) is 3.39. The molecule has 0 aliphatic heterocycles. The Bertz CT molecular complexity index is 1240. The lowest BCUT2D eigenvalue weighted by Crippen LogP contribution is -2.21. The van der Waals surface area contributed by atoms with Crippen LogP contribution >= 0.6 is 11.3 Å². The van der Waals surface area contributed by atoms with E-state index in [1.165, 1.54) is 27.3 Å². The maximum absolute atomic E-state index is 12.9. The Balaban J connectivity index is 1.39. The van der Waals surface area contributed by atoms with Crippen molar-refractivity contribution in [2.75, 3.05) is 0 Å². The number of fused-ring (bicyclic) bond motifs is 3. The van der Waals surface area contributed by atoms with Crippen molar-refractivity contribution in [3.05, 3.63) is 93.6 Å². The predicted molar refractivity (Wildman–Crippen MR) is 126 cm³/mol. The third-order valence-electron chi connectivity index (χ3n) is 5.93. The molecule has 5 heteroatoms. The fraction of sp³-hybridized carbons (Fsp3) is 0.231. The first kappa shape index (κ1) is 19.8. The van der Waals surface area contributed by atoms with Crippen molar-refractivity contribution in [2.45, 2.75) is 39.7 Å². The molecule has 2 heterocycles. The number of carbonyl (C=O) groups excluding carboxylic acids is 1. The van der Waals surface area contributed by atoms with E-state index in [1.54, 1.807) is 11.3 Å². The summed E-state index contributed by atoms with van der Waals surface area (Å²) >= 11 is 1.58. The number of carbonyl (C=O) groups is 1. The minimum Gasteiger partial charge on any atom is -0.347 e. The Labute approximate surface area is 186 Å². The van der Waals surface area contributed by atoms with Gasteiger partial charge in [0.1, 0.15) is 0 Å². The second kappa shape index (κ2) is 8.16. The normalized spacial score (nSPS) is 12.3. The number of hydrogen-bond donors (Lipinski definition) is 1. The Kier molecular flexibility index (Phi) is 5.20. The van der Waals surface area contributed by atoms with Gasteiger partial charge in [0.25, 0.3) is 5.91 Å². The number of para-hydroxylation sites is 1. The highest BCUT2D eigenvalue weighted by atomic mass is 32.1. The van der Waals surface area contributed by atoms with E-state index in [2.05, 4.69) is 66.3 Å². The lowest BCUT2D eigenvalue weighted by molar-refractivity contribution is 0.0955. The second-order valence-electron chi connectivity index (χ2n) is 7.97. The van der Waals surface area contributed by atoms with Crippen LogP contribution in [0.25, 0.3) is 16.1 Å². The maximum atomic E-state index is 12.9. The van der Waals surface area contributed by atoms with Crippen LogP contribution in [0.4, 0.5) is 0 Å². The topological polar surface area (TPSA) is 46.9 Å². The monoisotopic (exact) mass is 427 g/mol. The van der Waals surface area contributed by atoms with E-state index >= 15 is 0 Å². The molecule has 156 valence electrons. The molecule has 0 spiro atoms. The first-order valence-electron chi connectivity index (χ1n) is 10.8. The third kappa shape index (κ3) is 3.70. The van der Waals surface area contributed by atoms with Crippen molar-refractivity contribution in [1.82, 2.24) is 15.1 Å². The van der Waals surface area contributed by atoms with E-state index in [1.807, 2.05) is 18.2 Å². The number of aromatic nitrogens is 2. The van der Waals surface area contributed by atoms with Gasteiger partial charge < -0.3 is 5.32 Å². The van der Waals surface area contributed by atoms with Gasteiger partial charge in [-0.2, -0.15) is 5.10 Å². The minimum absolute atomic E-state index is 0.00591. The van der Waals surface area contributed by atoms with Crippen LogP contribution in [0, 0.1) is 6.92 Å². The highest BCUT2D eigenvalue weighted by Crippen LogP contribution is 2.42. The zero-order chi connectivity index (χ0) is 21.4. The van der Waals surface area contributed by atoms with Gasteiger partial charge in [-0.3, -0.25) is 4.79 Å². The smallest absolute Gasteiger partial charge is 0.261 e. The Morgan fingerprint density at radius 3 is 2.55 bits per heavy atom. The number of benzene rings is 2. The summed E-state index contributed by atoms with van der Waals surface area (Å²) in [5.41, 5.74) is 8.22. The molecule has 4 nitrogen and oxygen atoms in total. The van der Waals surface area contributed by atoms with Crippen molar-refractivity contribution >= 4 is 17.2 Å². The van der Waals surface area contributed by atoms with Crippen LogP contribution in [0.3, 0.4) is 0 Å². The molecule has 0 saturated heterocycles. The molecule has 1 aliphatic rings. The lowest BCUT2D eigenvalue weighted by atomic mass is 9.95. The van der Waals surface area contributed by atoms with Gasteiger partial charge >= 0.3 is 0 Å². The van der Waals surface area contributed by atoms with Gasteiger partial charge in [-0.25, -0.2) is 4.68 Å². The first-order chi connectivity index (χ1) is 15.1.